The van der Waals surface area contributed by atoms with Crippen LogP contribution in [0.3, 0.4) is 0 Å². The Bertz CT molecular complexity index is 777. The Morgan fingerprint density at radius 1 is 1.17 bits per heavy atom. The molecule has 1 aliphatic carbocycles. The fraction of sp³-hybridized carbons (Fsp3) is 0.389. The molecule has 0 bridgehead atoms. The molecular formula is C18H18BrClFN3. The van der Waals surface area contributed by atoms with Crippen molar-refractivity contribution in [3.63, 3.8) is 0 Å². The van der Waals surface area contributed by atoms with Gasteiger partial charge < -0.3 is 5.32 Å². The third-order valence-corrected chi connectivity index (χ3v) is 5.51. The molecule has 1 saturated heterocycles. The molecule has 1 atom stereocenters. The van der Waals surface area contributed by atoms with Gasteiger partial charge in [-0.15, -0.1) is 0 Å². The van der Waals surface area contributed by atoms with E-state index >= 15 is 0 Å². The van der Waals surface area contributed by atoms with Crippen LogP contribution in [-0.2, 0) is 12.8 Å². The van der Waals surface area contributed by atoms with Crippen LogP contribution in [0, 0.1) is 5.82 Å². The number of hydrogen-bond donors (Lipinski definition) is 1. The second-order valence-electron chi connectivity index (χ2n) is 6.35. The zero-order valence-electron chi connectivity index (χ0n) is 13.2. The molecule has 3 nitrogen and oxygen atoms in total. The molecular weight excluding hydrogens is 393 g/mol. The van der Waals surface area contributed by atoms with E-state index in [2.05, 4.69) is 37.2 Å². The van der Waals surface area contributed by atoms with Gasteiger partial charge in [0.25, 0.3) is 0 Å². The van der Waals surface area contributed by atoms with Gasteiger partial charge in [0.1, 0.15) is 5.82 Å². The highest BCUT2D eigenvalue weighted by molar-refractivity contribution is 9.10. The van der Waals surface area contributed by atoms with Crippen molar-refractivity contribution in [1.29, 1.82) is 0 Å². The zero-order chi connectivity index (χ0) is 16.7. The number of aromatic nitrogens is 1. The van der Waals surface area contributed by atoms with E-state index < -0.39 is 0 Å². The molecule has 0 spiro atoms. The van der Waals surface area contributed by atoms with Crippen LogP contribution in [0.4, 0.5) is 4.39 Å². The standard InChI is InChI=1S/C18H18BrClFN3/c19-13-7-12-2-1-11-8-14(20)9-15(21)16(11)18(17(12)23-10-13)24-5-3-22-4-6-24/h7-10,18,22H,1-6H2/t18-/m1/s1. The zero-order valence-corrected chi connectivity index (χ0v) is 15.5. The molecule has 1 aliphatic heterocycles. The van der Waals surface area contributed by atoms with Gasteiger partial charge in [-0.3, -0.25) is 9.88 Å². The van der Waals surface area contributed by atoms with Crippen molar-refractivity contribution in [2.45, 2.75) is 18.9 Å². The summed E-state index contributed by atoms with van der Waals surface area (Å²) in [4.78, 5) is 7.02. The fourth-order valence-electron chi connectivity index (χ4n) is 3.79. The number of fused-ring (bicyclic) bond motifs is 2. The van der Waals surface area contributed by atoms with Crippen LogP contribution in [0.1, 0.15) is 28.4 Å². The number of rotatable bonds is 1. The Balaban J connectivity index is 1.91. The lowest BCUT2D eigenvalue weighted by atomic mass is 9.95. The van der Waals surface area contributed by atoms with Crippen molar-refractivity contribution in [3.8, 4) is 0 Å². The first-order chi connectivity index (χ1) is 11.6. The summed E-state index contributed by atoms with van der Waals surface area (Å²) in [5, 5.41) is 3.83. The lowest BCUT2D eigenvalue weighted by Crippen LogP contribution is -2.46. The number of benzene rings is 1. The highest BCUT2D eigenvalue weighted by Gasteiger charge is 2.33. The van der Waals surface area contributed by atoms with Crippen LogP contribution in [0.15, 0.2) is 28.9 Å². The third kappa shape index (κ3) is 2.99. The summed E-state index contributed by atoms with van der Waals surface area (Å²) in [5.74, 6) is -0.224. The summed E-state index contributed by atoms with van der Waals surface area (Å²) in [7, 11) is 0. The molecule has 24 heavy (non-hydrogen) atoms. The predicted molar refractivity (Wildman–Crippen MR) is 97.0 cm³/mol. The molecule has 2 aromatic rings. The Labute approximate surface area is 154 Å². The van der Waals surface area contributed by atoms with Crippen LogP contribution in [-0.4, -0.2) is 36.1 Å². The van der Waals surface area contributed by atoms with E-state index in [9.17, 15) is 4.39 Å². The summed E-state index contributed by atoms with van der Waals surface area (Å²) in [6, 6.07) is 5.31. The Hall–Kier alpha value is -1.01. The Kier molecular flexibility index (Phi) is 4.60. The summed E-state index contributed by atoms with van der Waals surface area (Å²) in [6.07, 6.45) is 3.44. The van der Waals surface area contributed by atoms with Gasteiger partial charge in [-0.2, -0.15) is 0 Å². The van der Waals surface area contributed by atoms with Crippen molar-refractivity contribution in [2.75, 3.05) is 26.2 Å². The largest absolute Gasteiger partial charge is 0.314 e. The summed E-state index contributed by atoms with van der Waals surface area (Å²) < 4.78 is 15.9. The second-order valence-corrected chi connectivity index (χ2v) is 7.70. The summed E-state index contributed by atoms with van der Waals surface area (Å²) in [5.41, 5.74) is 3.90. The van der Waals surface area contributed by atoms with Crippen LogP contribution in [0.25, 0.3) is 0 Å². The minimum Gasteiger partial charge on any atom is -0.314 e. The topological polar surface area (TPSA) is 28.2 Å². The number of aryl methyl sites for hydroxylation is 2. The van der Waals surface area contributed by atoms with Gasteiger partial charge in [0.2, 0.25) is 0 Å². The molecule has 1 N–H and O–H groups in total. The number of pyridine rings is 1. The lowest BCUT2D eigenvalue weighted by molar-refractivity contribution is 0.192. The molecule has 0 saturated carbocycles. The highest BCUT2D eigenvalue weighted by Crippen LogP contribution is 2.39. The van der Waals surface area contributed by atoms with Gasteiger partial charge in [-0.1, -0.05) is 11.6 Å². The van der Waals surface area contributed by atoms with E-state index in [0.717, 1.165) is 60.3 Å². The smallest absolute Gasteiger partial charge is 0.130 e. The Morgan fingerprint density at radius 3 is 2.71 bits per heavy atom. The monoisotopic (exact) mass is 409 g/mol. The molecule has 4 rings (SSSR count). The maximum absolute atomic E-state index is 14.9. The van der Waals surface area contributed by atoms with Gasteiger partial charge in [-0.25, -0.2) is 4.39 Å². The number of hydrogen-bond acceptors (Lipinski definition) is 3. The van der Waals surface area contributed by atoms with E-state index in [1.165, 1.54) is 11.6 Å². The molecule has 6 heteroatoms. The van der Waals surface area contributed by atoms with Crippen molar-refractivity contribution < 1.29 is 4.39 Å². The molecule has 1 aromatic heterocycles. The first-order valence-electron chi connectivity index (χ1n) is 8.20. The quantitative estimate of drug-likeness (QED) is 0.776. The van der Waals surface area contributed by atoms with Crippen LogP contribution < -0.4 is 5.32 Å². The van der Waals surface area contributed by atoms with E-state index in [0.29, 0.717) is 5.02 Å². The van der Waals surface area contributed by atoms with E-state index in [-0.39, 0.29) is 11.9 Å². The van der Waals surface area contributed by atoms with Crippen LogP contribution >= 0.6 is 27.5 Å². The van der Waals surface area contributed by atoms with E-state index in [1.807, 2.05) is 12.3 Å². The predicted octanol–water partition coefficient (Wildman–Crippen LogP) is 3.73. The maximum atomic E-state index is 14.9. The van der Waals surface area contributed by atoms with E-state index in [1.54, 1.807) is 0 Å². The van der Waals surface area contributed by atoms with Crippen molar-refractivity contribution in [1.82, 2.24) is 15.2 Å². The first kappa shape index (κ1) is 16.5. The van der Waals surface area contributed by atoms with Crippen molar-refractivity contribution in [2.24, 2.45) is 0 Å². The van der Waals surface area contributed by atoms with Crippen molar-refractivity contribution >= 4 is 27.5 Å². The van der Waals surface area contributed by atoms with E-state index in [4.69, 9.17) is 11.6 Å². The van der Waals surface area contributed by atoms with Crippen molar-refractivity contribution in [3.05, 3.63) is 62.1 Å². The van der Waals surface area contributed by atoms with Gasteiger partial charge >= 0.3 is 0 Å². The van der Waals surface area contributed by atoms with Gasteiger partial charge in [0.05, 0.1) is 11.7 Å². The minimum atomic E-state index is -0.224. The molecule has 2 aliphatic rings. The maximum Gasteiger partial charge on any atom is 0.130 e. The molecule has 0 radical (unpaired) electrons. The molecule has 1 fully saturated rings. The average molecular weight is 411 g/mol. The third-order valence-electron chi connectivity index (χ3n) is 4.86. The second kappa shape index (κ2) is 6.71. The number of halogens is 3. The lowest BCUT2D eigenvalue weighted by Gasteiger charge is -2.35. The van der Waals surface area contributed by atoms with Crippen LogP contribution in [0.2, 0.25) is 5.02 Å². The fourth-order valence-corrected chi connectivity index (χ4v) is 4.40. The Morgan fingerprint density at radius 2 is 1.92 bits per heavy atom. The number of nitrogens with zero attached hydrogens (tertiary/aromatic N) is 2. The molecule has 126 valence electrons. The SMILES string of the molecule is Fc1cc(Cl)cc2c1[C@@H](N1CCNCC1)c1ncc(Br)cc1CC2. The van der Waals surface area contributed by atoms with Gasteiger partial charge in [0.15, 0.2) is 0 Å². The molecule has 0 amide bonds. The average Bonchev–Trinajstić information content (AvgIpc) is 2.72. The highest BCUT2D eigenvalue weighted by atomic mass is 79.9. The molecule has 1 aromatic carbocycles. The van der Waals surface area contributed by atoms with Gasteiger partial charge in [-0.05, 0) is 58.1 Å². The minimum absolute atomic E-state index is 0.148. The molecule has 0 unspecified atom stereocenters. The number of nitrogens with one attached hydrogen (secondary N) is 1. The molecule has 2 heterocycles. The normalized spacial score (nSPS) is 21.0. The first-order valence-corrected chi connectivity index (χ1v) is 9.37. The number of piperazine rings is 1. The van der Waals surface area contributed by atoms with Gasteiger partial charge in [0, 0.05) is 47.4 Å². The summed E-state index contributed by atoms with van der Waals surface area (Å²) >= 11 is 9.63. The van der Waals surface area contributed by atoms with Crippen LogP contribution in [0.5, 0.6) is 0 Å². The summed E-state index contributed by atoms with van der Waals surface area (Å²) in [6.45, 7) is 3.58.